The fourth-order valence-electron chi connectivity index (χ4n) is 4.14. The van der Waals surface area contributed by atoms with Crippen LogP contribution in [0.5, 0.6) is 17.2 Å². The zero-order valence-electron chi connectivity index (χ0n) is 18.7. The third kappa shape index (κ3) is 4.39. The van der Waals surface area contributed by atoms with E-state index >= 15 is 0 Å². The summed E-state index contributed by atoms with van der Waals surface area (Å²) >= 11 is 0. The molecule has 1 fully saturated rings. The number of hydrogen-bond acceptors (Lipinski definition) is 6. The highest BCUT2D eigenvalue weighted by Crippen LogP contribution is 2.40. The topological polar surface area (TPSA) is 78.7 Å². The molecule has 0 aliphatic carbocycles. The lowest BCUT2D eigenvalue weighted by Gasteiger charge is -2.18. The van der Waals surface area contributed by atoms with E-state index in [9.17, 15) is 4.79 Å². The number of methoxy groups -OCH3 is 3. The van der Waals surface area contributed by atoms with Gasteiger partial charge in [0.05, 0.1) is 33.6 Å². The van der Waals surface area contributed by atoms with Crippen LogP contribution in [0.15, 0.2) is 48.7 Å². The van der Waals surface area contributed by atoms with Crippen molar-refractivity contribution in [3.05, 3.63) is 54.2 Å². The van der Waals surface area contributed by atoms with Gasteiger partial charge in [-0.2, -0.15) is 0 Å². The molecule has 3 aromatic rings. The summed E-state index contributed by atoms with van der Waals surface area (Å²) in [7, 11) is 4.75. The third-order valence-electron chi connectivity index (χ3n) is 5.86. The van der Waals surface area contributed by atoms with Gasteiger partial charge in [-0.1, -0.05) is 41.6 Å². The molecule has 1 atom stereocenters. The van der Waals surface area contributed by atoms with Crippen molar-refractivity contribution in [2.24, 2.45) is 0 Å². The molecular formula is C24H28N4O4. The maximum atomic E-state index is 12.9. The number of carbonyl (C=O) groups is 1. The van der Waals surface area contributed by atoms with Crippen LogP contribution in [0.3, 0.4) is 0 Å². The number of rotatable bonds is 8. The first-order chi connectivity index (χ1) is 15.6. The minimum atomic E-state index is 0.118. The molecule has 1 unspecified atom stereocenters. The van der Waals surface area contributed by atoms with E-state index in [0.717, 1.165) is 23.2 Å². The minimum absolute atomic E-state index is 0.118. The highest BCUT2D eigenvalue weighted by atomic mass is 16.5. The maximum Gasteiger partial charge on any atom is 0.222 e. The monoisotopic (exact) mass is 436 g/mol. The van der Waals surface area contributed by atoms with Crippen LogP contribution in [0.4, 0.5) is 0 Å². The molecule has 1 saturated heterocycles. The van der Waals surface area contributed by atoms with Crippen molar-refractivity contribution >= 4 is 5.91 Å². The van der Waals surface area contributed by atoms with Gasteiger partial charge < -0.3 is 19.1 Å². The summed E-state index contributed by atoms with van der Waals surface area (Å²) in [5, 5.41) is 8.61. The quantitative estimate of drug-likeness (QED) is 0.539. The summed E-state index contributed by atoms with van der Waals surface area (Å²) in [6.07, 6.45) is 3.78. The Balaban J connectivity index is 1.37. The van der Waals surface area contributed by atoms with Gasteiger partial charge in [0.1, 0.15) is 5.69 Å². The number of benzene rings is 2. The number of nitrogens with zero attached hydrogens (tertiary/aromatic N) is 4. The van der Waals surface area contributed by atoms with Gasteiger partial charge in [-0.3, -0.25) is 4.79 Å². The molecule has 1 amide bonds. The average Bonchev–Trinajstić information content (AvgIpc) is 3.52. The van der Waals surface area contributed by atoms with Crippen LogP contribution in [0, 0.1) is 0 Å². The number of ether oxygens (including phenoxy) is 3. The Kier molecular flexibility index (Phi) is 6.58. The van der Waals surface area contributed by atoms with Crippen molar-refractivity contribution in [1.82, 2.24) is 19.9 Å². The van der Waals surface area contributed by atoms with Gasteiger partial charge in [-0.15, -0.1) is 5.10 Å². The van der Waals surface area contributed by atoms with Crippen LogP contribution < -0.4 is 14.2 Å². The largest absolute Gasteiger partial charge is 0.493 e. The highest BCUT2D eigenvalue weighted by Gasteiger charge is 2.28. The Morgan fingerprint density at radius 3 is 2.53 bits per heavy atom. The first-order valence-corrected chi connectivity index (χ1v) is 10.7. The predicted molar refractivity (Wildman–Crippen MR) is 120 cm³/mol. The number of amides is 1. The Labute approximate surface area is 187 Å². The van der Waals surface area contributed by atoms with Crippen molar-refractivity contribution in [1.29, 1.82) is 0 Å². The van der Waals surface area contributed by atoms with E-state index in [1.807, 2.05) is 58.2 Å². The standard InChI is InChI=1S/C24H28N4O4/c1-30-21-11-9-18(23(31-2)24(21)32-3)10-12-22(29)27-14-13-19(15-27)28-16-20(25-26-28)17-7-5-4-6-8-17/h4-9,11,16,19H,10,12-15H2,1-3H3. The van der Waals surface area contributed by atoms with Crippen LogP contribution in [0.25, 0.3) is 11.3 Å². The van der Waals surface area contributed by atoms with E-state index in [1.54, 1.807) is 21.3 Å². The summed E-state index contributed by atoms with van der Waals surface area (Å²) in [5.74, 6) is 1.87. The number of aryl methyl sites for hydroxylation is 1. The maximum absolute atomic E-state index is 12.9. The second-order valence-electron chi connectivity index (χ2n) is 7.73. The van der Waals surface area contributed by atoms with E-state index in [-0.39, 0.29) is 11.9 Å². The molecule has 0 bridgehead atoms. The Bertz CT molecular complexity index is 1070. The molecule has 8 nitrogen and oxygen atoms in total. The molecule has 168 valence electrons. The molecule has 1 aromatic heterocycles. The zero-order valence-corrected chi connectivity index (χ0v) is 18.7. The fourth-order valence-corrected chi connectivity index (χ4v) is 4.14. The van der Waals surface area contributed by atoms with Gasteiger partial charge >= 0.3 is 0 Å². The van der Waals surface area contributed by atoms with E-state index in [1.165, 1.54) is 0 Å². The molecule has 4 rings (SSSR count). The molecular weight excluding hydrogens is 408 g/mol. The van der Waals surface area contributed by atoms with Crippen molar-refractivity contribution < 1.29 is 19.0 Å². The average molecular weight is 437 g/mol. The van der Waals surface area contributed by atoms with Crippen LogP contribution in [-0.4, -0.2) is 60.2 Å². The van der Waals surface area contributed by atoms with Crippen molar-refractivity contribution in [2.45, 2.75) is 25.3 Å². The first-order valence-electron chi connectivity index (χ1n) is 10.7. The van der Waals surface area contributed by atoms with Crippen molar-refractivity contribution in [3.63, 3.8) is 0 Å². The van der Waals surface area contributed by atoms with Gasteiger partial charge in [0.15, 0.2) is 11.5 Å². The summed E-state index contributed by atoms with van der Waals surface area (Å²) in [6, 6.07) is 13.9. The molecule has 2 aromatic carbocycles. The molecule has 8 heteroatoms. The second kappa shape index (κ2) is 9.72. The molecule has 0 saturated carbocycles. The van der Waals surface area contributed by atoms with Crippen LogP contribution in [-0.2, 0) is 11.2 Å². The second-order valence-corrected chi connectivity index (χ2v) is 7.73. The van der Waals surface area contributed by atoms with E-state index < -0.39 is 0 Å². The number of aromatic nitrogens is 3. The zero-order chi connectivity index (χ0) is 22.5. The summed E-state index contributed by atoms with van der Waals surface area (Å²) in [4.78, 5) is 14.8. The van der Waals surface area contributed by atoms with Gasteiger partial charge in [0, 0.05) is 25.1 Å². The lowest BCUT2D eigenvalue weighted by Crippen LogP contribution is -2.29. The molecule has 0 spiro atoms. The normalized spacial score (nSPS) is 15.6. The van der Waals surface area contributed by atoms with Gasteiger partial charge in [0.2, 0.25) is 11.7 Å². The van der Waals surface area contributed by atoms with Crippen LogP contribution in [0.1, 0.15) is 24.4 Å². The molecule has 1 aliphatic rings. The molecule has 2 heterocycles. The molecule has 0 radical (unpaired) electrons. The van der Waals surface area contributed by atoms with Gasteiger partial charge in [0.25, 0.3) is 0 Å². The van der Waals surface area contributed by atoms with Gasteiger partial charge in [-0.25, -0.2) is 4.68 Å². The van der Waals surface area contributed by atoms with Crippen LogP contribution >= 0.6 is 0 Å². The number of carbonyl (C=O) groups excluding carboxylic acids is 1. The molecule has 32 heavy (non-hydrogen) atoms. The van der Waals surface area contributed by atoms with E-state index in [0.29, 0.717) is 43.2 Å². The molecule has 0 N–H and O–H groups in total. The van der Waals surface area contributed by atoms with Crippen molar-refractivity contribution in [3.8, 4) is 28.5 Å². The smallest absolute Gasteiger partial charge is 0.222 e. The van der Waals surface area contributed by atoms with E-state index in [2.05, 4.69) is 10.3 Å². The SMILES string of the molecule is COc1ccc(CCC(=O)N2CCC(n3cc(-c4ccccc4)nn3)C2)c(OC)c1OC. The fraction of sp³-hybridized carbons (Fsp3) is 0.375. The lowest BCUT2D eigenvalue weighted by atomic mass is 10.1. The number of hydrogen-bond donors (Lipinski definition) is 0. The predicted octanol–water partition coefficient (Wildman–Crippen LogP) is 3.38. The van der Waals surface area contributed by atoms with E-state index in [4.69, 9.17) is 14.2 Å². The summed E-state index contributed by atoms with van der Waals surface area (Å²) in [5.41, 5.74) is 2.79. The minimum Gasteiger partial charge on any atom is -0.493 e. The molecule has 1 aliphatic heterocycles. The summed E-state index contributed by atoms with van der Waals surface area (Å²) in [6.45, 7) is 1.35. The van der Waals surface area contributed by atoms with Crippen LogP contribution in [0.2, 0.25) is 0 Å². The third-order valence-corrected chi connectivity index (χ3v) is 5.86. The summed E-state index contributed by atoms with van der Waals surface area (Å²) < 4.78 is 18.2. The van der Waals surface area contributed by atoms with Crippen molar-refractivity contribution in [2.75, 3.05) is 34.4 Å². The highest BCUT2D eigenvalue weighted by molar-refractivity contribution is 5.77. The number of likely N-dealkylation sites (tertiary alicyclic amines) is 1. The lowest BCUT2D eigenvalue weighted by molar-refractivity contribution is -0.130. The first kappa shape index (κ1) is 21.7. The Morgan fingerprint density at radius 2 is 1.81 bits per heavy atom. The Hall–Kier alpha value is -3.55. The Morgan fingerprint density at radius 1 is 1.03 bits per heavy atom. The van der Waals surface area contributed by atoms with Gasteiger partial charge in [-0.05, 0) is 24.5 Å².